The number of thiazole rings is 4. The van der Waals surface area contributed by atoms with Gasteiger partial charge < -0.3 is 42.2 Å². The predicted molar refractivity (Wildman–Crippen MR) is 247 cm³/mol. The van der Waals surface area contributed by atoms with Crippen molar-refractivity contribution in [3.63, 3.8) is 0 Å². The SMILES string of the molecule is C.CC(C)(C)OC(=O)NCc1csc(Cl)n1.CNc1nc(CN)cs1.CNc1nc(CNC(=O)OC(C)(C)C)cs1.Cl.ClCCl.ClCCl.NCc1csc(Cl)n1. The Morgan fingerprint density at radius 1 is 0.625 bits per heavy atom. The summed E-state index contributed by atoms with van der Waals surface area (Å²) >= 11 is 36.0. The summed E-state index contributed by atoms with van der Waals surface area (Å²) in [6.45, 7) is 12.6. The molecule has 0 aliphatic carbocycles. The van der Waals surface area contributed by atoms with Gasteiger partial charge in [0.1, 0.15) is 11.2 Å². The van der Waals surface area contributed by atoms with Gasteiger partial charge in [0.05, 0.1) is 46.5 Å². The van der Waals surface area contributed by atoms with E-state index in [1.165, 1.54) is 34.0 Å². The average Bonchev–Trinajstić information content (AvgIpc) is 3.91. The lowest BCUT2D eigenvalue weighted by molar-refractivity contribution is 0.0511. The van der Waals surface area contributed by atoms with Crippen LogP contribution in [0.15, 0.2) is 21.5 Å². The normalized spacial score (nSPS) is 9.71. The second-order valence-electron chi connectivity index (χ2n) is 11.3. The smallest absolute Gasteiger partial charge is 0.407 e. The minimum Gasteiger partial charge on any atom is -0.444 e. The van der Waals surface area contributed by atoms with Gasteiger partial charge in [0.25, 0.3) is 0 Å². The molecule has 56 heavy (non-hydrogen) atoms. The van der Waals surface area contributed by atoms with E-state index < -0.39 is 23.4 Å². The first kappa shape index (κ1) is 61.3. The molecule has 0 aromatic carbocycles. The van der Waals surface area contributed by atoms with Crippen molar-refractivity contribution < 1.29 is 19.1 Å². The van der Waals surface area contributed by atoms with Crippen LogP contribution in [0.25, 0.3) is 0 Å². The van der Waals surface area contributed by atoms with Gasteiger partial charge in [-0.05, 0) is 41.5 Å². The molecule has 0 radical (unpaired) electrons. The molecule has 0 unspecified atom stereocenters. The fourth-order valence-electron chi connectivity index (χ4n) is 2.71. The lowest BCUT2D eigenvalue weighted by Gasteiger charge is -2.19. The first-order valence-electron chi connectivity index (χ1n) is 15.3. The number of rotatable bonds is 8. The predicted octanol–water partition coefficient (Wildman–Crippen LogP) is 10.8. The van der Waals surface area contributed by atoms with Gasteiger partial charge in [0.2, 0.25) is 0 Å². The molecule has 4 heterocycles. The molecule has 25 heteroatoms. The van der Waals surface area contributed by atoms with Crippen LogP contribution in [0.2, 0.25) is 8.93 Å². The van der Waals surface area contributed by atoms with Gasteiger partial charge in [-0.1, -0.05) is 30.6 Å². The Bertz CT molecular complexity index is 1530. The number of ether oxygens (including phenoxy) is 2. The summed E-state index contributed by atoms with van der Waals surface area (Å²) in [5.41, 5.74) is 13.0. The van der Waals surface area contributed by atoms with Gasteiger partial charge in [-0.2, -0.15) is 0 Å². The summed E-state index contributed by atoms with van der Waals surface area (Å²) in [5, 5.41) is 20.7. The second-order valence-corrected chi connectivity index (χ2v) is 17.5. The van der Waals surface area contributed by atoms with Crippen LogP contribution in [0, 0.1) is 0 Å². The Hall–Kier alpha value is -1.39. The summed E-state index contributed by atoms with van der Waals surface area (Å²) in [7, 11) is 3.66. The van der Waals surface area contributed by atoms with Gasteiger partial charge in [-0.3, -0.25) is 0 Å². The number of carbonyl (C=O) groups excluding carboxylic acids is 2. The minimum absolute atomic E-state index is 0. The molecular weight excluding hydrogens is 953 g/mol. The van der Waals surface area contributed by atoms with E-state index in [9.17, 15) is 9.59 Å². The molecule has 0 atom stereocenters. The van der Waals surface area contributed by atoms with Gasteiger partial charge >= 0.3 is 12.2 Å². The zero-order valence-electron chi connectivity index (χ0n) is 31.4. The fourth-order valence-corrected chi connectivity index (χ4v) is 5.64. The van der Waals surface area contributed by atoms with Gasteiger partial charge in [-0.15, -0.1) is 104 Å². The van der Waals surface area contributed by atoms with E-state index in [4.69, 9.17) is 90.5 Å². The molecule has 0 aliphatic heterocycles. The highest BCUT2D eigenvalue weighted by Gasteiger charge is 2.17. The third kappa shape index (κ3) is 35.7. The standard InChI is InChI=1S/C10H17N3O2S.C9H13ClN2O2S.C5H9N3S.C4H5ClN2S.2CH2Cl2.CH4.ClH/c1-10(2,3)15-9(14)12-5-7-6-16-8(11-4)13-7;1-9(2,3)14-8(13)11-4-6-5-15-7(10)12-6;1-7-5-8-4(2-6)3-9-5;5-4-7-3(1-6)2-8-4;2*2-1-3;;/h6H,5H2,1-4H3,(H,11,13)(H,12,14);5H,4H2,1-3H3,(H,11,13);3H,2,6H2,1H3,(H,7,8);2H,1,6H2;2*1H2;1H4;1H. The monoisotopic (exact) mass is 1000 g/mol. The van der Waals surface area contributed by atoms with E-state index in [0.717, 1.165) is 33.0 Å². The van der Waals surface area contributed by atoms with Crippen molar-refractivity contribution in [1.82, 2.24) is 30.6 Å². The number of nitrogens with zero attached hydrogens (tertiary/aromatic N) is 4. The average molecular weight is 1010 g/mol. The summed E-state index contributed by atoms with van der Waals surface area (Å²) in [6.07, 6.45) is -0.877. The van der Waals surface area contributed by atoms with Crippen molar-refractivity contribution in [2.45, 2.75) is 86.4 Å². The largest absolute Gasteiger partial charge is 0.444 e. The van der Waals surface area contributed by atoms with Crippen LogP contribution in [-0.2, 0) is 35.7 Å². The molecule has 4 aromatic rings. The van der Waals surface area contributed by atoms with Crippen LogP contribution in [0.4, 0.5) is 19.9 Å². The van der Waals surface area contributed by atoms with Crippen LogP contribution >= 0.6 is 127 Å². The summed E-state index contributed by atoms with van der Waals surface area (Å²) in [5.74, 6) is 0. The number of aromatic nitrogens is 4. The topological polar surface area (TPSA) is 204 Å². The highest BCUT2D eigenvalue weighted by molar-refractivity contribution is 7.14. The first-order valence-corrected chi connectivity index (χ1v) is 21.7. The van der Waals surface area contributed by atoms with Crippen LogP contribution in [-0.4, -0.2) is 68.1 Å². The maximum atomic E-state index is 11.3. The maximum Gasteiger partial charge on any atom is 0.407 e. The molecule has 0 saturated heterocycles. The summed E-state index contributed by atoms with van der Waals surface area (Å²) < 4.78 is 11.2. The van der Waals surface area contributed by atoms with Crippen LogP contribution in [0.3, 0.4) is 0 Å². The van der Waals surface area contributed by atoms with E-state index in [1.54, 1.807) is 16.7 Å². The molecule has 0 saturated carbocycles. The quantitative estimate of drug-likeness (QED) is 0.0913. The third-order valence-corrected chi connectivity index (χ3v) is 8.49. The van der Waals surface area contributed by atoms with Crippen LogP contribution in [0.1, 0.15) is 71.7 Å². The zero-order chi connectivity index (χ0) is 41.7. The zero-order valence-corrected chi connectivity index (χ0v) is 40.1. The van der Waals surface area contributed by atoms with Gasteiger partial charge in [0, 0.05) is 48.7 Å². The minimum atomic E-state index is -0.482. The summed E-state index contributed by atoms with van der Waals surface area (Å²) in [4.78, 5) is 38.8. The number of alkyl halides is 4. The molecule has 0 fully saturated rings. The number of amides is 2. The van der Waals surface area contributed by atoms with Crippen molar-refractivity contribution in [2.24, 2.45) is 11.5 Å². The van der Waals surface area contributed by atoms with E-state index in [2.05, 4.69) is 41.2 Å². The van der Waals surface area contributed by atoms with Gasteiger partial charge in [-0.25, -0.2) is 29.5 Å². The molecule has 0 bridgehead atoms. The Labute approximate surface area is 382 Å². The number of hydrogen-bond acceptors (Lipinski definition) is 16. The van der Waals surface area contributed by atoms with E-state index >= 15 is 0 Å². The van der Waals surface area contributed by atoms with Crippen molar-refractivity contribution in [2.75, 3.05) is 35.4 Å². The number of hydrogen-bond donors (Lipinski definition) is 6. The van der Waals surface area contributed by atoms with Crippen molar-refractivity contribution >= 4 is 150 Å². The van der Waals surface area contributed by atoms with Crippen LogP contribution < -0.4 is 32.7 Å². The molecule has 0 aliphatic rings. The molecule has 4 aromatic heterocycles. The first-order chi connectivity index (χ1) is 25.3. The highest BCUT2D eigenvalue weighted by atomic mass is 35.5. The molecule has 2 amide bonds. The molecule has 4 rings (SSSR count). The molecule has 14 nitrogen and oxygen atoms in total. The number of halogens is 7. The number of nitrogens with two attached hydrogens (primary N) is 2. The third-order valence-electron chi connectivity index (χ3n) is 4.62. The number of carbonyl (C=O) groups is 2. The molecule has 8 N–H and O–H groups in total. The van der Waals surface area contributed by atoms with E-state index in [-0.39, 0.29) is 30.5 Å². The van der Waals surface area contributed by atoms with Crippen molar-refractivity contribution in [3.05, 3.63) is 53.2 Å². The number of nitrogens with one attached hydrogen (secondary N) is 4. The van der Waals surface area contributed by atoms with Crippen LogP contribution in [0.5, 0.6) is 0 Å². The Morgan fingerprint density at radius 3 is 1.16 bits per heavy atom. The lowest BCUT2D eigenvalue weighted by Crippen LogP contribution is -2.32. The maximum absolute atomic E-state index is 11.3. The molecule has 324 valence electrons. The van der Waals surface area contributed by atoms with E-state index in [1.807, 2.05) is 71.8 Å². The fraction of sp³-hybridized carbons (Fsp3) is 0.548. The van der Waals surface area contributed by atoms with E-state index in [0.29, 0.717) is 35.1 Å². The Morgan fingerprint density at radius 2 is 0.911 bits per heavy atom. The highest BCUT2D eigenvalue weighted by Crippen LogP contribution is 2.16. The lowest BCUT2D eigenvalue weighted by atomic mass is 10.2. The molecule has 0 spiro atoms. The van der Waals surface area contributed by atoms with Crippen molar-refractivity contribution in [1.29, 1.82) is 0 Å². The number of anilines is 2. The number of alkyl carbamates (subject to hydrolysis) is 2. The summed E-state index contributed by atoms with van der Waals surface area (Å²) in [6, 6.07) is 0. The second kappa shape index (κ2) is 35.5. The Balaban J connectivity index is -0.000000312. The van der Waals surface area contributed by atoms with Gasteiger partial charge in [0.15, 0.2) is 19.2 Å². The Kier molecular flexibility index (Phi) is 38.9. The van der Waals surface area contributed by atoms with Crippen molar-refractivity contribution in [3.8, 4) is 0 Å². The molecular formula is C31H53Cl7N10O4S4.